The highest BCUT2D eigenvalue weighted by atomic mass is 35.7. The molecule has 2 aromatic heterocycles. The van der Waals surface area contributed by atoms with E-state index in [4.69, 9.17) is 57.2 Å². The summed E-state index contributed by atoms with van der Waals surface area (Å²) >= 11 is 0. The van der Waals surface area contributed by atoms with E-state index in [1.165, 1.54) is 42.7 Å². The number of benzene rings is 8. The molecule has 0 aliphatic rings. The van der Waals surface area contributed by atoms with Crippen LogP contribution in [0.3, 0.4) is 0 Å². The maximum absolute atomic E-state index is 8.49. The summed E-state index contributed by atoms with van der Waals surface area (Å²) < 4.78 is 67.9. The summed E-state index contributed by atoms with van der Waals surface area (Å²) in [5.74, 6) is 1.51. The number of fused-ring (bicyclic) bond motifs is 6. The molecule has 2 heterocycles. The Labute approximate surface area is 396 Å². The van der Waals surface area contributed by atoms with Crippen molar-refractivity contribution in [2.75, 3.05) is 28.2 Å². The van der Waals surface area contributed by atoms with Gasteiger partial charge < -0.3 is 9.80 Å². The molecule has 14 nitrogen and oxygen atoms in total. The van der Waals surface area contributed by atoms with Crippen LogP contribution in [0.25, 0.3) is 88.6 Å². The minimum atomic E-state index is -4.94. The molecule has 0 radical (unpaired) electrons. The minimum Gasteiger partial charge on any atom is -0.307 e. The zero-order valence-corrected chi connectivity index (χ0v) is 38.6. The van der Waals surface area contributed by atoms with Crippen molar-refractivity contribution in [2.24, 2.45) is 0 Å². The van der Waals surface area contributed by atoms with Crippen LogP contribution in [0.5, 0.6) is 0 Å². The van der Waals surface area contributed by atoms with Gasteiger partial charge in [-0.15, -0.1) is 20.5 Å². The second-order valence-corrected chi connectivity index (χ2v) is 17.3. The van der Waals surface area contributed by atoms with E-state index in [-0.39, 0.29) is 0 Å². The zero-order valence-electron chi connectivity index (χ0n) is 37.1. The third-order valence-electron chi connectivity index (χ3n) is 10.7. The van der Waals surface area contributed by atoms with Gasteiger partial charge in [-0.25, -0.2) is 57.2 Å². The first-order chi connectivity index (χ1) is 32.4. The molecule has 0 amide bonds. The van der Waals surface area contributed by atoms with Gasteiger partial charge in [-0.1, -0.05) is 158 Å². The van der Waals surface area contributed by atoms with Gasteiger partial charge in [0.1, 0.15) is 11.4 Å². The quantitative estimate of drug-likeness (QED) is 0.214. The highest BCUT2D eigenvalue weighted by Crippen LogP contribution is 2.37. The van der Waals surface area contributed by atoms with E-state index in [0.29, 0.717) is 0 Å². The molecule has 2 N–H and O–H groups in total. The molecule has 10 rings (SSSR count). The summed E-state index contributed by atoms with van der Waals surface area (Å²) in [5.41, 5.74) is 10.7. The lowest BCUT2D eigenvalue weighted by Gasteiger charge is -2.17. The first-order valence-electron chi connectivity index (χ1n) is 21.0. The van der Waals surface area contributed by atoms with Crippen LogP contribution in [0.4, 0.5) is 11.4 Å². The summed E-state index contributed by atoms with van der Waals surface area (Å²) in [6.45, 7) is 0. The van der Waals surface area contributed by atoms with Crippen molar-refractivity contribution < 1.29 is 67.6 Å². The normalized spacial score (nSPS) is 11.5. The Bertz CT molecular complexity index is 3060. The molecule has 8 aromatic carbocycles. The van der Waals surface area contributed by atoms with Crippen molar-refractivity contribution in [3.8, 4) is 45.3 Å². The monoisotopic (exact) mass is 950 g/mol. The molecule has 0 saturated heterocycles. The first-order valence-corrected chi connectivity index (χ1v) is 23.4. The summed E-state index contributed by atoms with van der Waals surface area (Å²) in [5, 5.41) is 6.96. The van der Waals surface area contributed by atoms with Crippen LogP contribution in [0.1, 0.15) is 0 Å². The molecule has 10 aromatic rings. The van der Waals surface area contributed by atoms with Gasteiger partial charge in [0.15, 0.2) is 11.6 Å². The van der Waals surface area contributed by atoms with Gasteiger partial charge >= 0.3 is 0 Å². The predicted octanol–water partition coefficient (Wildman–Crippen LogP) is 0.274. The second kappa shape index (κ2) is 21.4. The van der Waals surface area contributed by atoms with Crippen LogP contribution < -0.4 is 47.1 Å². The van der Waals surface area contributed by atoms with Gasteiger partial charge in [0, 0.05) is 33.0 Å². The van der Waals surface area contributed by atoms with Crippen LogP contribution in [-0.4, -0.2) is 48.1 Å². The molecule has 0 fully saturated rings. The highest BCUT2D eigenvalue weighted by molar-refractivity contribution is 6.14. The van der Waals surface area contributed by atoms with Gasteiger partial charge in [0.25, 0.3) is 0 Å². The second-order valence-electron chi connectivity index (χ2n) is 15.7. The average molecular weight is 952 g/mol. The van der Waals surface area contributed by atoms with Gasteiger partial charge in [-0.3, -0.25) is 0 Å². The summed E-state index contributed by atoms with van der Waals surface area (Å²) in [6.07, 6.45) is 0. The molecule has 0 bridgehead atoms. The zero-order chi connectivity index (χ0) is 48.6. The summed E-state index contributed by atoms with van der Waals surface area (Å²) in [6, 6.07) is 62.8. The first kappa shape index (κ1) is 49.1. The number of hydrogen-bond acceptors (Lipinski definition) is 12. The minimum absolute atomic E-state index is 0.757. The number of aromatic nitrogens is 4. The number of quaternary nitrogens is 2. The Morgan fingerprint density at radius 3 is 0.912 bits per heavy atom. The van der Waals surface area contributed by atoms with E-state index in [1.807, 2.05) is 48.5 Å². The van der Waals surface area contributed by atoms with E-state index in [9.17, 15) is 0 Å². The average Bonchev–Trinajstić information content (AvgIpc) is 3.33. The largest absolute Gasteiger partial charge is 0.307 e. The van der Waals surface area contributed by atoms with Crippen molar-refractivity contribution in [2.45, 2.75) is 0 Å². The fourth-order valence-corrected chi connectivity index (χ4v) is 7.83. The highest BCUT2D eigenvalue weighted by Gasteiger charge is 2.19. The van der Waals surface area contributed by atoms with Crippen molar-refractivity contribution in [3.63, 3.8) is 0 Å². The fourth-order valence-electron chi connectivity index (χ4n) is 7.83. The Kier molecular flexibility index (Phi) is 15.4. The van der Waals surface area contributed by atoms with Crippen LogP contribution in [-0.2, 0) is 0 Å². The van der Waals surface area contributed by atoms with Gasteiger partial charge in [0.05, 0.1) is 61.4 Å². The van der Waals surface area contributed by atoms with E-state index in [1.54, 1.807) is 0 Å². The number of nitrogens with zero attached hydrogens (tertiary/aromatic N) is 4. The molecule has 0 aliphatic heterocycles. The summed E-state index contributed by atoms with van der Waals surface area (Å²) in [4.78, 5) is 22.7. The van der Waals surface area contributed by atoms with E-state index in [0.717, 1.165) is 67.1 Å². The maximum atomic E-state index is 8.49. The molecule has 344 valence electrons. The molecule has 0 spiro atoms. The number of halogens is 2. The molecule has 16 heteroatoms. The van der Waals surface area contributed by atoms with Crippen molar-refractivity contribution in [3.05, 3.63) is 182 Å². The third-order valence-corrected chi connectivity index (χ3v) is 10.7. The summed E-state index contributed by atoms with van der Waals surface area (Å²) in [7, 11) is -1.26. The molecule has 68 heavy (non-hydrogen) atoms. The molecule has 0 aliphatic carbocycles. The molecule has 0 atom stereocenters. The van der Waals surface area contributed by atoms with Gasteiger partial charge in [0.2, 0.25) is 0 Å². The van der Waals surface area contributed by atoms with Crippen LogP contribution in [0.15, 0.2) is 182 Å². The Balaban J connectivity index is 0.000000168. The van der Waals surface area contributed by atoms with Crippen LogP contribution >= 0.6 is 0 Å². The fraction of sp³-hybridized carbons (Fsp3) is 0.0769. The molecule has 0 unspecified atom stereocenters. The van der Waals surface area contributed by atoms with E-state index in [2.05, 4.69) is 162 Å². The third kappa shape index (κ3) is 12.4. The van der Waals surface area contributed by atoms with Crippen LogP contribution in [0, 0.1) is 20.5 Å². The molecular formula is C52H44Cl2N6O8. The van der Waals surface area contributed by atoms with Gasteiger partial charge in [-0.05, 0) is 35.0 Å². The maximum Gasteiger partial charge on any atom is 0.160 e. The smallest absolute Gasteiger partial charge is 0.160 e. The predicted molar refractivity (Wildman–Crippen MR) is 241 cm³/mol. The number of rotatable bonds is 6. The van der Waals surface area contributed by atoms with E-state index >= 15 is 0 Å². The molecule has 0 saturated carbocycles. The van der Waals surface area contributed by atoms with Crippen molar-refractivity contribution >= 4 is 54.7 Å². The Hall–Kier alpha value is -6.86. The Morgan fingerprint density at radius 1 is 0.324 bits per heavy atom. The Morgan fingerprint density at radius 2 is 0.618 bits per heavy atom. The van der Waals surface area contributed by atoms with Crippen molar-refractivity contribution in [1.82, 2.24) is 19.9 Å². The number of nitrogens with one attached hydrogen (secondary N) is 2. The molecular weight excluding hydrogens is 908 g/mol. The topological polar surface area (TPSA) is 245 Å². The van der Waals surface area contributed by atoms with Crippen LogP contribution in [0.2, 0.25) is 0 Å². The lowest BCUT2D eigenvalue weighted by molar-refractivity contribution is -2.00. The number of hydrogen-bond donors (Lipinski definition) is 2. The van der Waals surface area contributed by atoms with E-state index < -0.39 is 20.5 Å². The standard InChI is InChI=1S/2C26H21N3.2ClHO4/c2*1-29(2)22-15-9-14-18-16-17-21-24(19-10-5-3-6-11-19)27-26(28-25(21)23(18)22)20-12-7-4-8-13-20;2*2-1(3,4)5/h2*3-17H,1-2H3;2*(H,2,3,4,5). The lowest BCUT2D eigenvalue weighted by atomic mass is 10.00. The SMILES string of the molecule is C[NH+](C)c1cccc2ccc3c(-c4ccccc4)nc(-c4ccccc4)nc3c12.C[NH+](C)c1cccc2ccc3c(-c4ccccc4)nc(-c4ccccc4)nc3c12.[O-][Cl+3]([O-])([O-])[O-].[O-][Cl+3]([O-])([O-])[O-]. The lowest BCUT2D eigenvalue weighted by Crippen LogP contribution is -3.00. The van der Waals surface area contributed by atoms with Gasteiger partial charge in [-0.2, -0.15) is 0 Å². The van der Waals surface area contributed by atoms with Crippen molar-refractivity contribution in [1.29, 1.82) is 0 Å².